The molecule has 0 saturated heterocycles. The van der Waals surface area contributed by atoms with Gasteiger partial charge in [0.05, 0.1) is 12.2 Å². The van der Waals surface area contributed by atoms with Crippen LogP contribution in [-0.4, -0.2) is 28.1 Å². The van der Waals surface area contributed by atoms with E-state index in [1.165, 1.54) is 11.0 Å². The van der Waals surface area contributed by atoms with Crippen molar-refractivity contribution in [3.63, 3.8) is 0 Å². The fourth-order valence-electron chi connectivity index (χ4n) is 0.895. The molecule has 0 aliphatic heterocycles. The number of hydrogen-bond donors (Lipinski definition) is 0. The molecule has 0 spiro atoms. The SMILES string of the molecule is C=CC(=O)N(C)Cc1cccnn1. The average molecular weight is 177 g/mol. The number of likely N-dealkylation sites (N-methyl/N-ethyl adjacent to an activating group) is 1. The summed E-state index contributed by atoms with van der Waals surface area (Å²) in [5, 5.41) is 7.57. The van der Waals surface area contributed by atoms with Gasteiger partial charge in [-0.2, -0.15) is 10.2 Å². The molecule has 0 atom stereocenters. The summed E-state index contributed by atoms with van der Waals surface area (Å²) in [6.45, 7) is 3.85. The molecule has 0 bridgehead atoms. The summed E-state index contributed by atoms with van der Waals surface area (Å²) >= 11 is 0. The second kappa shape index (κ2) is 4.35. The van der Waals surface area contributed by atoms with Gasteiger partial charge in [0.1, 0.15) is 0 Å². The summed E-state index contributed by atoms with van der Waals surface area (Å²) in [5.41, 5.74) is 0.764. The Kier molecular flexibility index (Phi) is 3.14. The average Bonchev–Trinajstić information content (AvgIpc) is 2.18. The lowest BCUT2D eigenvalue weighted by molar-refractivity contribution is -0.125. The third-order valence-corrected chi connectivity index (χ3v) is 1.58. The fraction of sp³-hybridized carbons (Fsp3) is 0.222. The second-order valence-corrected chi connectivity index (χ2v) is 2.61. The normalized spacial score (nSPS) is 9.31. The fourth-order valence-corrected chi connectivity index (χ4v) is 0.895. The summed E-state index contributed by atoms with van der Waals surface area (Å²) < 4.78 is 0. The molecule has 0 saturated carbocycles. The molecular formula is C9H11N3O. The van der Waals surface area contributed by atoms with E-state index >= 15 is 0 Å². The van der Waals surface area contributed by atoms with Crippen molar-refractivity contribution in [3.8, 4) is 0 Å². The first-order valence-electron chi connectivity index (χ1n) is 3.88. The number of hydrogen-bond acceptors (Lipinski definition) is 3. The van der Waals surface area contributed by atoms with Crippen LogP contribution in [0.4, 0.5) is 0 Å². The van der Waals surface area contributed by atoms with Gasteiger partial charge in [0.25, 0.3) is 0 Å². The molecule has 1 amide bonds. The van der Waals surface area contributed by atoms with E-state index < -0.39 is 0 Å². The monoisotopic (exact) mass is 177 g/mol. The molecule has 1 rings (SSSR count). The van der Waals surface area contributed by atoms with Gasteiger partial charge in [-0.3, -0.25) is 4.79 Å². The number of amides is 1. The van der Waals surface area contributed by atoms with Crippen molar-refractivity contribution in [2.75, 3.05) is 7.05 Å². The maximum Gasteiger partial charge on any atom is 0.246 e. The molecule has 0 fully saturated rings. The van der Waals surface area contributed by atoms with Gasteiger partial charge in [-0.05, 0) is 18.2 Å². The van der Waals surface area contributed by atoms with E-state index in [-0.39, 0.29) is 5.91 Å². The maximum absolute atomic E-state index is 11.1. The van der Waals surface area contributed by atoms with Gasteiger partial charge in [0, 0.05) is 13.2 Å². The van der Waals surface area contributed by atoms with Crippen LogP contribution >= 0.6 is 0 Å². The van der Waals surface area contributed by atoms with Crippen LogP contribution in [0.3, 0.4) is 0 Å². The summed E-state index contributed by atoms with van der Waals surface area (Å²) in [4.78, 5) is 12.6. The first-order valence-corrected chi connectivity index (χ1v) is 3.88. The third kappa shape index (κ3) is 2.66. The van der Waals surface area contributed by atoms with Crippen molar-refractivity contribution in [1.29, 1.82) is 0 Å². The van der Waals surface area contributed by atoms with Crippen LogP contribution in [0.1, 0.15) is 5.69 Å². The Labute approximate surface area is 76.9 Å². The Hall–Kier alpha value is -1.71. The van der Waals surface area contributed by atoms with Crippen molar-refractivity contribution >= 4 is 5.91 Å². The predicted octanol–water partition coefficient (Wildman–Crippen LogP) is 0.621. The van der Waals surface area contributed by atoms with E-state index in [0.29, 0.717) is 6.54 Å². The van der Waals surface area contributed by atoms with E-state index in [1.54, 1.807) is 19.3 Å². The Bertz CT molecular complexity index is 297. The molecule has 0 aliphatic rings. The van der Waals surface area contributed by atoms with E-state index in [2.05, 4.69) is 16.8 Å². The van der Waals surface area contributed by atoms with Gasteiger partial charge in [-0.1, -0.05) is 6.58 Å². The van der Waals surface area contributed by atoms with Crippen LogP contribution in [0.25, 0.3) is 0 Å². The minimum absolute atomic E-state index is 0.120. The standard InChI is InChI=1S/C9H11N3O/c1-3-9(13)12(2)7-8-5-4-6-10-11-8/h3-6H,1,7H2,2H3. The zero-order valence-electron chi connectivity index (χ0n) is 7.47. The summed E-state index contributed by atoms with van der Waals surface area (Å²) in [6, 6.07) is 3.61. The van der Waals surface area contributed by atoms with Crippen molar-refractivity contribution in [1.82, 2.24) is 15.1 Å². The molecule has 4 heteroatoms. The molecule has 1 heterocycles. The highest BCUT2D eigenvalue weighted by Crippen LogP contribution is 1.97. The lowest BCUT2D eigenvalue weighted by atomic mass is 10.3. The summed E-state index contributed by atoms with van der Waals surface area (Å²) in [6.07, 6.45) is 2.87. The highest BCUT2D eigenvalue weighted by atomic mass is 16.2. The highest BCUT2D eigenvalue weighted by molar-refractivity contribution is 5.86. The number of carbonyl (C=O) groups excluding carboxylic acids is 1. The topological polar surface area (TPSA) is 46.1 Å². The molecule has 0 aromatic carbocycles. The molecule has 0 radical (unpaired) electrons. The molecule has 4 nitrogen and oxygen atoms in total. The molecule has 13 heavy (non-hydrogen) atoms. The molecule has 0 N–H and O–H groups in total. The first kappa shape index (κ1) is 9.38. The van der Waals surface area contributed by atoms with Gasteiger partial charge in [0.2, 0.25) is 5.91 Å². The third-order valence-electron chi connectivity index (χ3n) is 1.58. The van der Waals surface area contributed by atoms with Crippen LogP contribution < -0.4 is 0 Å². The quantitative estimate of drug-likeness (QED) is 0.636. The van der Waals surface area contributed by atoms with Gasteiger partial charge in [0.15, 0.2) is 0 Å². The van der Waals surface area contributed by atoms with Gasteiger partial charge in [-0.25, -0.2) is 0 Å². The zero-order valence-corrected chi connectivity index (χ0v) is 7.47. The second-order valence-electron chi connectivity index (χ2n) is 2.61. The predicted molar refractivity (Wildman–Crippen MR) is 48.7 cm³/mol. The Balaban J connectivity index is 2.60. The van der Waals surface area contributed by atoms with Crippen molar-refractivity contribution < 1.29 is 4.79 Å². The molecule has 0 unspecified atom stereocenters. The number of rotatable bonds is 3. The first-order chi connectivity index (χ1) is 6.24. The summed E-state index contributed by atoms with van der Waals surface area (Å²) in [5.74, 6) is -0.120. The molecular weight excluding hydrogens is 166 g/mol. The minimum atomic E-state index is -0.120. The summed E-state index contributed by atoms with van der Waals surface area (Å²) in [7, 11) is 1.69. The van der Waals surface area contributed by atoms with E-state index in [1.807, 2.05) is 6.07 Å². The Morgan fingerprint density at radius 2 is 2.54 bits per heavy atom. The van der Waals surface area contributed by atoms with Crippen LogP contribution in [0.2, 0.25) is 0 Å². The molecule has 1 aromatic rings. The molecule has 1 aromatic heterocycles. The van der Waals surface area contributed by atoms with Crippen LogP contribution in [0.15, 0.2) is 31.0 Å². The smallest absolute Gasteiger partial charge is 0.246 e. The number of carbonyl (C=O) groups is 1. The lowest BCUT2D eigenvalue weighted by Crippen LogP contribution is -2.24. The number of nitrogens with zero attached hydrogens (tertiary/aromatic N) is 3. The van der Waals surface area contributed by atoms with E-state index in [4.69, 9.17) is 0 Å². The van der Waals surface area contributed by atoms with Crippen LogP contribution in [0, 0.1) is 0 Å². The lowest BCUT2D eigenvalue weighted by Gasteiger charge is -2.13. The largest absolute Gasteiger partial charge is 0.336 e. The van der Waals surface area contributed by atoms with Crippen molar-refractivity contribution in [3.05, 3.63) is 36.7 Å². The zero-order chi connectivity index (χ0) is 9.68. The van der Waals surface area contributed by atoms with Gasteiger partial charge in [-0.15, -0.1) is 0 Å². The Morgan fingerprint density at radius 1 is 1.77 bits per heavy atom. The molecule has 68 valence electrons. The van der Waals surface area contributed by atoms with Crippen molar-refractivity contribution in [2.45, 2.75) is 6.54 Å². The Morgan fingerprint density at radius 3 is 3.08 bits per heavy atom. The maximum atomic E-state index is 11.1. The van der Waals surface area contributed by atoms with E-state index in [0.717, 1.165) is 5.69 Å². The molecule has 0 aliphatic carbocycles. The number of aromatic nitrogens is 2. The van der Waals surface area contributed by atoms with Gasteiger partial charge < -0.3 is 4.90 Å². The van der Waals surface area contributed by atoms with Crippen LogP contribution in [-0.2, 0) is 11.3 Å². The van der Waals surface area contributed by atoms with Gasteiger partial charge >= 0.3 is 0 Å². The minimum Gasteiger partial charge on any atom is -0.336 e. The highest BCUT2D eigenvalue weighted by Gasteiger charge is 2.04. The van der Waals surface area contributed by atoms with E-state index in [9.17, 15) is 4.79 Å². The van der Waals surface area contributed by atoms with Crippen molar-refractivity contribution in [2.24, 2.45) is 0 Å². The van der Waals surface area contributed by atoms with Crippen LogP contribution in [0.5, 0.6) is 0 Å².